The fourth-order valence-corrected chi connectivity index (χ4v) is 9.71. The molecule has 4 fully saturated rings. The van der Waals surface area contributed by atoms with Crippen molar-refractivity contribution in [2.45, 2.75) is 104 Å². The first-order valence-electron chi connectivity index (χ1n) is 13.2. The molecule has 32 heavy (non-hydrogen) atoms. The molecular weight excluding hydrogens is 404 g/mol. The quantitative estimate of drug-likeness (QED) is 0.500. The van der Waals surface area contributed by atoms with Crippen LogP contribution in [0.1, 0.15) is 86.0 Å². The maximum atomic E-state index is 11.8. The van der Waals surface area contributed by atoms with E-state index in [1.807, 2.05) is 0 Å². The first-order valence-corrected chi connectivity index (χ1v) is 13.2. The Kier molecular flexibility index (Phi) is 6.53. The van der Waals surface area contributed by atoms with Gasteiger partial charge in [0.05, 0.1) is 24.2 Å². The lowest BCUT2D eigenvalue weighted by Gasteiger charge is -2.65. The Hall–Kier alpha value is -0.650. The summed E-state index contributed by atoms with van der Waals surface area (Å²) >= 11 is 0. The molecule has 0 amide bonds. The number of fused-ring (bicyclic) bond motifs is 5. The average Bonchev–Trinajstić information content (AvgIpc) is 3.09. The van der Waals surface area contributed by atoms with Gasteiger partial charge in [0.25, 0.3) is 0 Å². The molecule has 0 aliphatic heterocycles. The van der Waals surface area contributed by atoms with Gasteiger partial charge in [-0.25, -0.2) is 0 Å². The van der Waals surface area contributed by atoms with E-state index in [0.29, 0.717) is 12.3 Å². The number of aliphatic hydroxyl groups is 3. The molecular formula is C27H46O5. The standard InChI is InChI=1S/C27H46O5/c1-6-17-20-12-16(28)9-10-26(20,4)21-13-22(29)27(5)18(14(2)11-15(3)25(31)32)7-8-19(27)23(21)24(17)30/h14-24,28-30H,6-13H2,1-5H3,(H,31,32)/t14-,15+,16-,17-,18-,19+,20+,21+,22+,23+,24-,26+,27-/m1/s1. The summed E-state index contributed by atoms with van der Waals surface area (Å²) in [6.45, 7) is 10.8. The van der Waals surface area contributed by atoms with Gasteiger partial charge in [-0.2, -0.15) is 0 Å². The predicted octanol–water partition coefficient (Wildman–Crippen LogP) is 4.33. The molecule has 0 bridgehead atoms. The predicted molar refractivity (Wildman–Crippen MR) is 124 cm³/mol. The van der Waals surface area contributed by atoms with Gasteiger partial charge in [-0.3, -0.25) is 4.79 Å². The highest BCUT2D eigenvalue weighted by Crippen LogP contribution is 2.69. The minimum Gasteiger partial charge on any atom is -0.481 e. The molecule has 0 aromatic rings. The molecule has 0 unspecified atom stereocenters. The minimum absolute atomic E-state index is 0.0631. The number of rotatable bonds is 5. The monoisotopic (exact) mass is 450 g/mol. The highest BCUT2D eigenvalue weighted by molar-refractivity contribution is 5.69. The van der Waals surface area contributed by atoms with Crippen LogP contribution >= 0.6 is 0 Å². The van der Waals surface area contributed by atoms with Crippen LogP contribution in [0.4, 0.5) is 0 Å². The van der Waals surface area contributed by atoms with Crippen LogP contribution in [0.3, 0.4) is 0 Å². The number of hydrogen-bond acceptors (Lipinski definition) is 4. The number of aliphatic carboxylic acids is 1. The molecule has 5 nitrogen and oxygen atoms in total. The van der Waals surface area contributed by atoms with Crippen molar-refractivity contribution in [2.75, 3.05) is 0 Å². The van der Waals surface area contributed by atoms with E-state index in [4.69, 9.17) is 0 Å². The van der Waals surface area contributed by atoms with E-state index in [0.717, 1.165) is 44.9 Å². The molecule has 0 radical (unpaired) electrons. The van der Waals surface area contributed by atoms with Gasteiger partial charge in [0, 0.05) is 0 Å². The van der Waals surface area contributed by atoms with Crippen molar-refractivity contribution in [3.8, 4) is 0 Å². The molecule has 0 spiro atoms. The topological polar surface area (TPSA) is 98.0 Å². The van der Waals surface area contributed by atoms with Crippen molar-refractivity contribution in [3.63, 3.8) is 0 Å². The third kappa shape index (κ3) is 3.48. The zero-order valence-corrected chi connectivity index (χ0v) is 20.7. The van der Waals surface area contributed by atoms with E-state index < -0.39 is 12.1 Å². The minimum atomic E-state index is -0.743. The molecule has 0 heterocycles. The third-order valence-corrected chi connectivity index (χ3v) is 11.4. The van der Waals surface area contributed by atoms with Gasteiger partial charge in [0.1, 0.15) is 0 Å². The molecule has 0 saturated heterocycles. The summed E-state index contributed by atoms with van der Waals surface area (Å²) in [5, 5.41) is 43.3. The highest BCUT2D eigenvalue weighted by atomic mass is 16.4. The first-order chi connectivity index (χ1) is 15.0. The summed E-state index contributed by atoms with van der Waals surface area (Å²) < 4.78 is 0. The lowest BCUT2D eigenvalue weighted by molar-refractivity contribution is -0.228. The lowest BCUT2D eigenvalue weighted by atomic mass is 9.41. The maximum absolute atomic E-state index is 11.8. The molecule has 0 aromatic carbocycles. The van der Waals surface area contributed by atoms with Gasteiger partial charge in [-0.05, 0) is 97.2 Å². The summed E-state index contributed by atoms with van der Waals surface area (Å²) in [6.07, 6.45) is 5.85. The van der Waals surface area contributed by atoms with Crippen molar-refractivity contribution >= 4 is 5.97 Å². The lowest BCUT2D eigenvalue weighted by Crippen LogP contribution is -2.65. The molecule has 13 atom stereocenters. The van der Waals surface area contributed by atoms with Crippen LogP contribution in [-0.4, -0.2) is 44.7 Å². The number of carboxylic acids is 1. The van der Waals surface area contributed by atoms with E-state index in [2.05, 4.69) is 27.7 Å². The van der Waals surface area contributed by atoms with Gasteiger partial charge in [0.15, 0.2) is 0 Å². The van der Waals surface area contributed by atoms with Crippen molar-refractivity contribution < 1.29 is 25.2 Å². The Bertz CT molecular complexity index is 710. The summed E-state index contributed by atoms with van der Waals surface area (Å²) in [7, 11) is 0. The zero-order chi connectivity index (χ0) is 23.6. The van der Waals surface area contributed by atoms with E-state index in [-0.39, 0.29) is 64.5 Å². The fraction of sp³-hybridized carbons (Fsp3) is 0.963. The van der Waals surface area contributed by atoms with Gasteiger partial charge >= 0.3 is 5.97 Å². The second-order valence-corrected chi connectivity index (χ2v) is 12.6. The van der Waals surface area contributed by atoms with E-state index in [1.165, 1.54) is 0 Å². The van der Waals surface area contributed by atoms with Crippen LogP contribution in [0.25, 0.3) is 0 Å². The van der Waals surface area contributed by atoms with Crippen LogP contribution in [-0.2, 0) is 4.79 Å². The second-order valence-electron chi connectivity index (χ2n) is 12.6. The smallest absolute Gasteiger partial charge is 0.306 e. The van der Waals surface area contributed by atoms with Crippen LogP contribution < -0.4 is 0 Å². The van der Waals surface area contributed by atoms with Gasteiger partial charge < -0.3 is 20.4 Å². The number of carbonyl (C=O) groups is 1. The Morgan fingerprint density at radius 1 is 1.00 bits per heavy atom. The largest absolute Gasteiger partial charge is 0.481 e. The van der Waals surface area contributed by atoms with E-state index in [1.54, 1.807) is 6.92 Å². The molecule has 4 N–H and O–H groups in total. The number of carboxylic acid groups (broad SMARTS) is 1. The molecule has 4 aliphatic carbocycles. The SMILES string of the molecule is CC[C@H]1[C@@H](O)[C@@H]2[C@H](C[C@H](O)[C@]3(C)[C@@H]([C@H](C)C[C@H](C)C(=O)O)CC[C@@H]23)[C@@]2(C)CC[C@@H](O)C[C@@H]12. The van der Waals surface area contributed by atoms with Crippen LogP contribution in [0.5, 0.6) is 0 Å². The Balaban J connectivity index is 1.66. The molecule has 5 heteroatoms. The Morgan fingerprint density at radius 2 is 1.69 bits per heavy atom. The summed E-state index contributed by atoms with van der Waals surface area (Å²) in [5.41, 5.74) is -0.205. The second kappa shape index (κ2) is 8.53. The molecule has 4 aliphatic rings. The maximum Gasteiger partial charge on any atom is 0.306 e. The number of hydrogen-bond donors (Lipinski definition) is 4. The summed E-state index contributed by atoms with van der Waals surface area (Å²) in [6, 6.07) is 0. The summed E-state index contributed by atoms with van der Waals surface area (Å²) in [5.74, 6) is 0.687. The first kappa shape index (κ1) is 24.5. The highest BCUT2D eigenvalue weighted by Gasteiger charge is 2.67. The van der Waals surface area contributed by atoms with Crippen LogP contribution in [0.2, 0.25) is 0 Å². The van der Waals surface area contributed by atoms with E-state index >= 15 is 0 Å². The molecule has 4 rings (SSSR count). The van der Waals surface area contributed by atoms with Gasteiger partial charge in [0.2, 0.25) is 0 Å². The molecule has 0 aromatic heterocycles. The fourth-order valence-electron chi connectivity index (χ4n) is 9.71. The number of aliphatic hydroxyl groups excluding tert-OH is 3. The molecule has 184 valence electrons. The average molecular weight is 451 g/mol. The van der Waals surface area contributed by atoms with Crippen molar-refractivity contribution in [1.82, 2.24) is 0 Å². The normalized spacial score (nSPS) is 52.4. The third-order valence-electron chi connectivity index (χ3n) is 11.4. The van der Waals surface area contributed by atoms with Crippen molar-refractivity contribution in [2.24, 2.45) is 58.2 Å². The van der Waals surface area contributed by atoms with Crippen molar-refractivity contribution in [1.29, 1.82) is 0 Å². The van der Waals surface area contributed by atoms with Gasteiger partial charge in [-0.15, -0.1) is 0 Å². The van der Waals surface area contributed by atoms with E-state index in [9.17, 15) is 25.2 Å². The summed E-state index contributed by atoms with van der Waals surface area (Å²) in [4.78, 5) is 11.5. The Morgan fingerprint density at radius 3 is 2.31 bits per heavy atom. The van der Waals surface area contributed by atoms with Crippen LogP contribution in [0.15, 0.2) is 0 Å². The van der Waals surface area contributed by atoms with Gasteiger partial charge in [-0.1, -0.05) is 41.0 Å². The van der Waals surface area contributed by atoms with Crippen molar-refractivity contribution in [3.05, 3.63) is 0 Å². The molecule has 4 saturated carbocycles. The Labute approximate surface area is 194 Å². The van der Waals surface area contributed by atoms with Crippen LogP contribution in [0, 0.1) is 58.2 Å². The zero-order valence-electron chi connectivity index (χ0n) is 20.7.